The number of benzene rings is 1. The van der Waals surface area contributed by atoms with Crippen LogP contribution in [0.2, 0.25) is 0 Å². The lowest BCUT2D eigenvalue weighted by Crippen LogP contribution is -2.43. The van der Waals surface area contributed by atoms with Gasteiger partial charge >= 0.3 is 0 Å². The van der Waals surface area contributed by atoms with Crippen molar-refractivity contribution in [3.8, 4) is 11.8 Å². The normalized spacial score (nSPS) is 15.8. The van der Waals surface area contributed by atoms with Crippen LogP contribution in [0.25, 0.3) is 11.0 Å². The molecule has 9 heteroatoms. The summed E-state index contributed by atoms with van der Waals surface area (Å²) in [7, 11) is 0. The summed E-state index contributed by atoms with van der Waals surface area (Å²) in [5, 5.41) is 7.42. The largest absolute Gasteiger partial charge is 0.399 e. The second kappa shape index (κ2) is 10.8. The van der Waals surface area contributed by atoms with E-state index in [-0.39, 0.29) is 11.6 Å². The van der Waals surface area contributed by atoms with Crippen molar-refractivity contribution < 1.29 is 0 Å². The van der Waals surface area contributed by atoms with Crippen LogP contribution in [0.1, 0.15) is 48.4 Å². The van der Waals surface area contributed by atoms with Crippen molar-refractivity contribution in [2.75, 3.05) is 42.1 Å². The topological polar surface area (TPSA) is 114 Å². The summed E-state index contributed by atoms with van der Waals surface area (Å²) in [6.45, 7) is 5.79. The third-order valence-corrected chi connectivity index (χ3v) is 7.59. The van der Waals surface area contributed by atoms with Gasteiger partial charge in [0.2, 0.25) is 5.95 Å². The standard InChI is InChI=1S/C30H32N8O/c1-20-25(11-9-21-5-4-6-22(31)17-21)29(39)38(23-7-2-3-8-23)28-26(20)19-34-30(36-28)35-27-12-10-24(18-33-27)37-15-13-32-14-16-37/h4-6,10,12,17-19,23,32H,2-3,7-8,13-16,31H2,1H3,(H,33,34,35,36). The molecule has 2 aliphatic rings. The van der Waals surface area contributed by atoms with E-state index in [1.807, 2.05) is 48.0 Å². The maximum atomic E-state index is 13.9. The Labute approximate surface area is 227 Å². The molecular weight excluding hydrogens is 488 g/mol. The van der Waals surface area contributed by atoms with Crippen LogP contribution in [0.5, 0.6) is 0 Å². The number of hydrogen-bond donors (Lipinski definition) is 3. The lowest BCUT2D eigenvalue weighted by Gasteiger charge is -2.29. The van der Waals surface area contributed by atoms with E-state index < -0.39 is 0 Å². The third kappa shape index (κ3) is 5.16. The van der Waals surface area contributed by atoms with E-state index in [2.05, 4.69) is 43.4 Å². The number of hydrogen-bond acceptors (Lipinski definition) is 8. The van der Waals surface area contributed by atoms with Crippen molar-refractivity contribution >= 4 is 34.2 Å². The van der Waals surface area contributed by atoms with Gasteiger partial charge in [-0.2, -0.15) is 4.98 Å². The van der Waals surface area contributed by atoms with Gasteiger partial charge in [0.05, 0.1) is 17.4 Å². The number of aryl methyl sites for hydroxylation is 1. The fourth-order valence-electron chi connectivity index (χ4n) is 5.48. The number of fused-ring (bicyclic) bond motifs is 1. The van der Waals surface area contributed by atoms with Crippen LogP contribution >= 0.6 is 0 Å². The van der Waals surface area contributed by atoms with E-state index >= 15 is 0 Å². The Balaban J connectivity index is 1.37. The first kappa shape index (κ1) is 24.9. The molecule has 0 spiro atoms. The Bertz CT molecular complexity index is 1620. The monoisotopic (exact) mass is 520 g/mol. The minimum Gasteiger partial charge on any atom is -0.399 e. The zero-order valence-electron chi connectivity index (χ0n) is 22.1. The molecule has 4 N–H and O–H groups in total. The minimum absolute atomic E-state index is 0.0905. The van der Waals surface area contributed by atoms with Gasteiger partial charge in [0, 0.05) is 55.1 Å². The molecule has 1 aliphatic heterocycles. The molecule has 198 valence electrons. The summed E-state index contributed by atoms with van der Waals surface area (Å²) in [6.07, 6.45) is 7.74. The fraction of sp³-hybridized carbons (Fsp3) is 0.333. The fourth-order valence-corrected chi connectivity index (χ4v) is 5.48. The zero-order chi connectivity index (χ0) is 26.8. The molecule has 0 unspecified atom stereocenters. The van der Waals surface area contributed by atoms with Gasteiger partial charge in [-0.25, -0.2) is 9.97 Å². The Hall–Kier alpha value is -4.42. The summed E-state index contributed by atoms with van der Waals surface area (Å²) in [5.41, 5.74) is 10.2. The number of pyridine rings is 2. The first-order valence-corrected chi connectivity index (χ1v) is 13.5. The molecule has 0 radical (unpaired) electrons. The number of piperazine rings is 1. The van der Waals surface area contributed by atoms with Crippen molar-refractivity contribution in [1.29, 1.82) is 0 Å². The molecule has 0 atom stereocenters. The molecule has 2 fully saturated rings. The Morgan fingerprint density at radius 1 is 1.05 bits per heavy atom. The average Bonchev–Trinajstić information content (AvgIpc) is 3.48. The summed E-state index contributed by atoms with van der Waals surface area (Å²) >= 11 is 0. The highest BCUT2D eigenvalue weighted by molar-refractivity contribution is 5.82. The molecule has 39 heavy (non-hydrogen) atoms. The summed E-state index contributed by atoms with van der Waals surface area (Å²) in [6, 6.07) is 11.5. The van der Waals surface area contributed by atoms with Crippen LogP contribution in [-0.2, 0) is 0 Å². The molecule has 4 heterocycles. The Morgan fingerprint density at radius 2 is 1.87 bits per heavy atom. The third-order valence-electron chi connectivity index (χ3n) is 7.59. The van der Waals surface area contributed by atoms with Gasteiger partial charge in [0.15, 0.2) is 0 Å². The number of nitrogens with two attached hydrogens (primary N) is 1. The average molecular weight is 521 g/mol. The number of aromatic nitrogens is 4. The molecular formula is C30H32N8O. The van der Waals surface area contributed by atoms with E-state index in [9.17, 15) is 4.79 Å². The highest BCUT2D eigenvalue weighted by atomic mass is 16.1. The molecule has 1 saturated carbocycles. The summed E-state index contributed by atoms with van der Waals surface area (Å²) in [4.78, 5) is 30.2. The van der Waals surface area contributed by atoms with Crippen molar-refractivity contribution in [3.63, 3.8) is 0 Å². The van der Waals surface area contributed by atoms with E-state index in [1.54, 1.807) is 6.20 Å². The molecule has 0 bridgehead atoms. The number of nitrogens with zero attached hydrogens (tertiary/aromatic N) is 5. The van der Waals surface area contributed by atoms with Crippen molar-refractivity contribution in [3.05, 3.63) is 75.8 Å². The van der Waals surface area contributed by atoms with Crippen molar-refractivity contribution in [2.45, 2.75) is 38.6 Å². The molecule has 6 rings (SSSR count). The lowest BCUT2D eigenvalue weighted by molar-refractivity contribution is 0.515. The first-order valence-electron chi connectivity index (χ1n) is 13.5. The van der Waals surface area contributed by atoms with Gasteiger partial charge in [0.1, 0.15) is 11.5 Å². The van der Waals surface area contributed by atoms with E-state index in [0.29, 0.717) is 28.7 Å². The molecule has 3 aromatic heterocycles. The number of anilines is 4. The predicted molar refractivity (Wildman–Crippen MR) is 155 cm³/mol. The molecule has 1 aromatic carbocycles. The Morgan fingerprint density at radius 3 is 2.62 bits per heavy atom. The lowest BCUT2D eigenvalue weighted by atomic mass is 10.1. The molecule has 4 aromatic rings. The maximum absolute atomic E-state index is 13.9. The van der Waals surface area contributed by atoms with E-state index in [4.69, 9.17) is 10.7 Å². The summed E-state index contributed by atoms with van der Waals surface area (Å²) in [5.74, 6) is 7.33. The first-order chi connectivity index (χ1) is 19.1. The van der Waals surface area contributed by atoms with Crippen LogP contribution in [-0.4, -0.2) is 45.7 Å². The van der Waals surface area contributed by atoms with Crippen LogP contribution < -0.4 is 26.8 Å². The van der Waals surface area contributed by atoms with Gasteiger partial charge in [-0.05, 0) is 55.7 Å². The van der Waals surface area contributed by atoms with Gasteiger partial charge in [0.25, 0.3) is 5.56 Å². The van der Waals surface area contributed by atoms with Crippen LogP contribution in [0, 0.1) is 18.8 Å². The van der Waals surface area contributed by atoms with Crippen LogP contribution in [0.15, 0.2) is 53.6 Å². The molecule has 9 nitrogen and oxygen atoms in total. The van der Waals surface area contributed by atoms with Gasteiger partial charge < -0.3 is 21.3 Å². The number of nitrogens with one attached hydrogen (secondary N) is 2. The van der Waals surface area contributed by atoms with E-state index in [1.165, 1.54) is 0 Å². The molecule has 1 saturated heterocycles. The number of rotatable bonds is 4. The second-order valence-electron chi connectivity index (χ2n) is 10.2. The van der Waals surface area contributed by atoms with Gasteiger partial charge in [-0.1, -0.05) is 30.7 Å². The predicted octanol–water partition coefficient (Wildman–Crippen LogP) is 3.75. The van der Waals surface area contributed by atoms with Crippen LogP contribution in [0.4, 0.5) is 23.1 Å². The number of nitrogen functional groups attached to an aromatic ring is 1. The molecule has 1 aliphatic carbocycles. The second-order valence-corrected chi connectivity index (χ2v) is 10.2. The highest BCUT2D eigenvalue weighted by Crippen LogP contribution is 2.32. The van der Waals surface area contributed by atoms with Gasteiger partial charge in [-0.15, -0.1) is 0 Å². The van der Waals surface area contributed by atoms with Crippen LogP contribution in [0.3, 0.4) is 0 Å². The van der Waals surface area contributed by atoms with Crippen molar-refractivity contribution in [1.82, 2.24) is 24.8 Å². The quantitative estimate of drug-likeness (QED) is 0.275. The van der Waals surface area contributed by atoms with Gasteiger partial charge in [-0.3, -0.25) is 9.36 Å². The maximum Gasteiger partial charge on any atom is 0.268 e. The smallest absolute Gasteiger partial charge is 0.268 e. The SMILES string of the molecule is Cc1c(C#Cc2cccc(N)c2)c(=O)n(C2CCCC2)c2nc(Nc3ccc(N4CCNCC4)cn3)ncc12. The minimum atomic E-state index is -0.105. The zero-order valence-corrected chi connectivity index (χ0v) is 22.1. The molecule has 0 amide bonds. The highest BCUT2D eigenvalue weighted by Gasteiger charge is 2.24. The Kier molecular flexibility index (Phi) is 6.86. The van der Waals surface area contributed by atoms with Crippen molar-refractivity contribution in [2.24, 2.45) is 0 Å². The summed E-state index contributed by atoms with van der Waals surface area (Å²) < 4.78 is 1.84. The van der Waals surface area contributed by atoms with E-state index in [0.717, 1.165) is 74.1 Å².